The average Bonchev–Trinajstić information content (AvgIpc) is 1.00. The Labute approximate surface area is 53.5 Å². The maximum Gasteiger partial charge on any atom is 2.00 e. The van der Waals surface area contributed by atoms with Crippen LogP contribution in [0.25, 0.3) is 0 Å². The molecule has 2 heteroatoms. The zero-order chi connectivity index (χ0) is 2.00. The molecule has 0 aliphatic heterocycles. The van der Waals surface area contributed by atoms with E-state index in [9.17, 15) is 0 Å². The smallest absolute Gasteiger partial charge is 1.00 e. The van der Waals surface area contributed by atoms with Crippen LogP contribution >= 0.6 is 0 Å². The van der Waals surface area contributed by atoms with E-state index in [4.69, 9.17) is 0 Å². The molecule has 0 atom stereocenters. The van der Waals surface area contributed by atoms with Gasteiger partial charge in [-0.05, 0) is 0 Å². The fourth-order valence-corrected chi connectivity index (χ4v) is 0. The van der Waals surface area contributed by atoms with Crippen molar-refractivity contribution in [2.24, 2.45) is 0 Å². The summed E-state index contributed by atoms with van der Waals surface area (Å²) in [5.74, 6) is 0. The molecule has 0 N–H and O–H groups in total. The molecule has 0 aromatic carbocycles. The van der Waals surface area contributed by atoms with Gasteiger partial charge in [-0.3, -0.25) is 0 Å². The summed E-state index contributed by atoms with van der Waals surface area (Å²) in [4.78, 5) is 0. The van der Waals surface area contributed by atoms with Gasteiger partial charge in [0.25, 0.3) is 0 Å². The third-order valence-electron chi connectivity index (χ3n) is 0. The van der Waals surface area contributed by atoms with Crippen LogP contribution in [0.1, 0.15) is 6.92 Å². The monoisotopic (exact) mass is 178 g/mol. The molecule has 4 heavy (non-hydrogen) atoms. The summed E-state index contributed by atoms with van der Waals surface area (Å²) in [7, 11) is 0. The average molecular weight is 177 g/mol. The van der Waals surface area contributed by atoms with E-state index < -0.39 is 0 Å². The molecule has 0 aromatic rings. The van der Waals surface area contributed by atoms with E-state index in [0.717, 1.165) is 0 Å². The summed E-state index contributed by atoms with van der Waals surface area (Å²) in [6, 6.07) is 0. The molecule has 0 aliphatic carbocycles. The molecule has 22 valence electrons. The number of hydrogen-bond donors (Lipinski definition) is 0. The largest absolute Gasteiger partial charge is 2.00 e. The quantitative estimate of drug-likeness (QED) is 0.292. The predicted octanol–water partition coefficient (Wildman–Crippen LogP) is -2.16. The normalized spacial score (nSPS) is 1.50. The van der Waals surface area contributed by atoms with Gasteiger partial charge in [-0.25, -0.2) is 0 Å². The molecule has 0 spiro atoms. The minimum absolute atomic E-state index is 0. The Hall–Kier alpha value is 1.21. The Morgan fingerprint density at radius 1 is 1.25 bits per heavy atom. The third-order valence-corrected chi connectivity index (χ3v) is 0. The van der Waals surface area contributed by atoms with Gasteiger partial charge in [-0.1, -0.05) is 0 Å². The molecule has 0 aliphatic rings. The van der Waals surface area contributed by atoms with Crippen molar-refractivity contribution >= 4 is 0 Å². The van der Waals surface area contributed by atoms with Gasteiger partial charge in [0.1, 0.15) is 0 Å². The zero-order valence-corrected chi connectivity index (χ0v) is 7.58. The van der Waals surface area contributed by atoms with Gasteiger partial charge in [-0.2, -0.15) is 6.92 Å². The SMILES string of the molecule is [CH2-]C.[Cd+2].[Cl-]. The van der Waals surface area contributed by atoms with Crippen molar-refractivity contribution in [2.75, 3.05) is 0 Å². The third kappa shape index (κ3) is 10.7. The van der Waals surface area contributed by atoms with Crippen molar-refractivity contribution in [3.05, 3.63) is 6.92 Å². The van der Waals surface area contributed by atoms with Crippen molar-refractivity contribution in [1.29, 1.82) is 0 Å². The molecule has 0 fully saturated rings. The maximum absolute atomic E-state index is 3.25. The van der Waals surface area contributed by atoms with Crippen molar-refractivity contribution in [1.82, 2.24) is 0 Å². The van der Waals surface area contributed by atoms with Crippen molar-refractivity contribution in [3.63, 3.8) is 0 Å². The van der Waals surface area contributed by atoms with Crippen LogP contribution in [0.4, 0.5) is 0 Å². The molecule has 0 unspecified atom stereocenters. The molecule has 0 rings (SSSR count). The summed E-state index contributed by atoms with van der Waals surface area (Å²) in [6.07, 6.45) is 0. The number of halogens is 1. The van der Waals surface area contributed by atoms with Crippen LogP contribution in [0.15, 0.2) is 0 Å². The Kier molecular flexibility index (Phi) is 140. The fraction of sp³-hybridized carbons (Fsp3) is 0.500. The van der Waals surface area contributed by atoms with E-state index in [-0.39, 0.29) is 39.7 Å². The molecule has 0 saturated heterocycles. The summed E-state index contributed by atoms with van der Waals surface area (Å²) < 4.78 is 0. The van der Waals surface area contributed by atoms with Gasteiger partial charge in [0.2, 0.25) is 0 Å². The van der Waals surface area contributed by atoms with Crippen LogP contribution in [0, 0.1) is 6.92 Å². The summed E-state index contributed by atoms with van der Waals surface area (Å²) >= 11 is 0. The van der Waals surface area contributed by atoms with E-state index in [2.05, 4.69) is 6.92 Å². The molecule has 0 bridgehead atoms. The minimum atomic E-state index is 0. The first-order valence-electron chi connectivity index (χ1n) is 0.707. The molecule has 0 aromatic heterocycles. The molecule has 0 amide bonds. The van der Waals surface area contributed by atoms with Gasteiger partial charge >= 0.3 is 27.3 Å². The van der Waals surface area contributed by atoms with Gasteiger partial charge < -0.3 is 19.3 Å². The Bertz CT molecular complexity index is 6.00. The first-order chi connectivity index (χ1) is 1.00. The molecule has 0 radical (unpaired) electrons. The predicted molar refractivity (Wildman–Crippen MR) is 11.0 cm³/mol. The second-order valence-electron chi connectivity index (χ2n) is 0. The van der Waals surface area contributed by atoms with E-state index in [1.165, 1.54) is 0 Å². The summed E-state index contributed by atoms with van der Waals surface area (Å²) in [6.45, 7) is 5.00. The van der Waals surface area contributed by atoms with E-state index in [1.54, 1.807) is 6.92 Å². The van der Waals surface area contributed by atoms with Crippen LogP contribution in [0.3, 0.4) is 0 Å². The van der Waals surface area contributed by atoms with Crippen molar-refractivity contribution in [3.8, 4) is 0 Å². The Morgan fingerprint density at radius 3 is 1.25 bits per heavy atom. The molecular weight excluding hydrogens is 172 g/mol. The Balaban J connectivity index is -0.00000000500. The molecule has 0 saturated carbocycles. The molecule has 0 nitrogen and oxygen atoms in total. The van der Waals surface area contributed by atoms with E-state index in [0.29, 0.717) is 0 Å². The van der Waals surface area contributed by atoms with E-state index >= 15 is 0 Å². The van der Waals surface area contributed by atoms with Gasteiger partial charge in [0.05, 0.1) is 0 Å². The maximum atomic E-state index is 3.25. The number of rotatable bonds is 0. The molecule has 0 heterocycles. The Morgan fingerprint density at radius 2 is 1.25 bits per heavy atom. The summed E-state index contributed by atoms with van der Waals surface area (Å²) in [5, 5.41) is 0. The first-order valence-corrected chi connectivity index (χ1v) is 0.707. The minimum Gasteiger partial charge on any atom is -1.00 e. The summed E-state index contributed by atoms with van der Waals surface area (Å²) in [5.41, 5.74) is 0. The first kappa shape index (κ1) is 18.9. The van der Waals surface area contributed by atoms with Crippen LogP contribution in [0.2, 0.25) is 0 Å². The van der Waals surface area contributed by atoms with Gasteiger partial charge in [0, 0.05) is 0 Å². The van der Waals surface area contributed by atoms with E-state index in [1.807, 2.05) is 0 Å². The van der Waals surface area contributed by atoms with Crippen LogP contribution in [0.5, 0.6) is 0 Å². The second kappa shape index (κ2) is 29.6. The topological polar surface area (TPSA) is 0 Å². The standard InChI is InChI=1S/C2H5.Cd.ClH/c1-2;;/h1H2,2H3;;1H/q-1;+2;/p-1. The number of hydrogen-bond acceptors (Lipinski definition) is 0. The van der Waals surface area contributed by atoms with Gasteiger partial charge in [-0.15, -0.1) is 0 Å². The van der Waals surface area contributed by atoms with Crippen LogP contribution in [-0.2, 0) is 27.3 Å². The van der Waals surface area contributed by atoms with Crippen LogP contribution in [-0.4, -0.2) is 0 Å². The van der Waals surface area contributed by atoms with Crippen molar-refractivity contribution in [2.45, 2.75) is 6.92 Å². The fourth-order valence-electron chi connectivity index (χ4n) is 0. The molecular formula is C2H5CdCl. The zero-order valence-electron chi connectivity index (χ0n) is 2.79. The van der Waals surface area contributed by atoms with Crippen molar-refractivity contribution < 1.29 is 39.7 Å². The second-order valence-corrected chi connectivity index (χ2v) is 0. The van der Waals surface area contributed by atoms with Crippen LogP contribution < -0.4 is 12.4 Å². The van der Waals surface area contributed by atoms with Gasteiger partial charge in [0.15, 0.2) is 0 Å².